The Morgan fingerprint density at radius 2 is 1.73 bits per heavy atom. The van der Waals surface area contributed by atoms with E-state index in [0.717, 1.165) is 49.0 Å². The summed E-state index contributed by atoms with van der Waals surface area (Å²) < 4.78 is 50.0. The lowest BCUT2D eigenvalue weighted by atomic mass is 10.0. The number of likely N-dealkylation sites (N-methyl/N-ethyl adjacent to an activating group) is 1. The molecule has 2 aliphatic rings. The Morgan fingerprint density at radius 1 is 1.02 bits per heavy atom. The molecule has 2 unspecified atom stereocenters. The highest BCUT2D eigenvalue weighted by atomic mass is 32.2. The highest BCUT2D eigenvalue weighted by Crippen LogP contribution is 2.33. The van der Waals surface area contributed by atoms with Gasteiger partial charge in [-0.3, -0.25) is 4.90 Å². The molecule has 0 amide bonds. The van der Waals surface area contributed by atoms with Crippen molar-refractivity contribution in [2.75, 3.05) is 78.0 Å². The third-order valence-electron chi connectivity index (χ3n) is 7.96. The Bertz CT molecular complexity index is 1350. The van der Waals surface area contributed by atoms with Crippen LogP contribution in [0, 0.1) is 5.82 Å². The van der Waals surface area contributed by atoms with Crippen molar-refractivity contribution in [2.24, 2.45) is 0 Å². The van der Waals surface area contributed by atoms with Crippen LogP contribution in [0.25, 0.3) is 0 Å². The van der Waals surface area contributed by atoms with Gasteiger partial charge in [0.05, 0.1) is 30.3 Å². The quantitative estimate of drug-likeness (QED) is 0.356. The number of ether oxygens (including phenoxy) is 1. The minimum atomic E-state index is -3.62. The van der Waals surface area contributed by atoms with Crippen LogP contribution in [0.5, 0.6) is 0 Å². The smallest absolute Gasteiger partial charge is 0.254 e. The van der Waals surface area contributed by atoms with Gasteiger partial charge in [0, 0.05) is 72.3 Å². The molecule has 2 fully saturated rings. The molecule has 1 aromatic carbocycles. The van der Waals surface area contributed by atoms with E-state index in [1.807, 2.05) is 12.5 Å². The first-order valence-corrected chi connectivity index (χ1v) is 15.9. The molecule has 0 radical (unpaired) electrons. The maximum absolute atomic E-state index is 13.5. The first kappa shape index (κ1) is 29.1. The minimum absolute atomic E-state index is 0.00226. The van der Waals surface area contributed by atoms with Gasteiger partial charge in [-0.15, -0.1) is 0 Å². The third kappa shape index (κ3) is 6.24. The van der Waals surface area contributed by atoms with Gasteiger partial charge in [-0.25, -0.2) is 22.8 Å². The van der Waals surface area contributed by atoms with E-state index in [4.69, 9.17) is 4.74 Å². The number of hydrogen-bond donors (Lipinski definition) is 0. The Hall–Kier alpha value is -2.42. The zero-order valence-corrected chi connectivity index (χ0v) is 24.9. The Balaban J connectivity index is 1.28. The number of anilines is 1. The predicted octanol–water partition coefficient (Wildman–Crippen LogP) is 2.92. The van der Waals surface area contributed by atoms with Crippen molar-refractivity contribution in [1.82, 2.24) is 28.6 Å². The maximum atomic E-state index is 13.5. The summed E-state index contributed by atoms with van der Waals surface area (Å²) in [5, 5.41) is 0.772. The molecule has 5 rings (SSSR count). The number of nitrogens with zero attached hydrogens (tertiary/aromatic N) is 7. The van der Waals surface area contributed by atoms with E-state index in [0.29, 0.717) is 37.0 Å². The topological polar surface area (TPSA) is 87.0 Å². The second-order valence-electron chi connectivity index (χ2n) is 10.4. The predicted molar refractivity (Wildman–Crippen MR) is 154 cm³/mol. The minimum Gasteiger partial charge on any atom is -0.385 e. The van der Waals surface area contributed by atoms with E-state index in [1.54, 1.807) is 23.5 Å². The van der Waals surface area contributed by atoms with Gasteiger partial charge in [0.15, 0.2) is 9.34 Å². The Labute approximate surface area is 240 Å². The van der Waals surface area contributed by atoms with Crippen molar-refractivity contribution in [3.05, 3.63) is 60.1 Å². The van der Waals surface area contributed by atoms with E-state index in [1.165, 1.54) is 29.7 Å². The first-order chi connectivity index (χ1) is 19.3. The number of thiazole rings is 1. The van der Waals surface area contributed by atoms with E-state index in [9.17, 15) is 12.8 Å². The summed E-state index contributed by atoms with van der Waals surface area (Å²) in [5.74, 6) is -0.263. The van der Waals surface area contributed by atoms with Crippen molar-refractivity contribution < 1.29 is 17.5 Å². The van der Waals surface area contributed by atoms with Gasteiger partial charge in [0.1, 0.15) is 5.82 Å². The zero-order valence-electron chi connectivity index (χ0n) is 23.3. The molecular formula is C27H38FN7O3S2. The molecule has 218 valence electrons. The van der Waals surface area contributed by atoms with Crippen LogP contribution in [-0.4, -0.2) is 110 Å². The van der Waals surface area contributed by atoms with Crippen LogP contribution in [0.2, 0.25) is 0 Å². The van der Waals surface area contributed by atoms with Gasteiger partial charge in [0.25, 0.3) is 10.0 Å². The molecule has 10 nitrogen and oxygen atoms in total. The number of hydrogen-bond acceptors (Lipinski definition) is 9. The molecule has 0 spiro atoms. The summed E-state index contributed by atoms with van der Waals surface area (Å²) in [6.07, 6.45) is 5.94. The maximum Gasteiger partial charge on any atom is 0.254 e. The van der Waals surface area contributed by atoms with Gasteiger partial charge in [-0.1, -0.05) is 23.5 Å². The average molecular weight is 592 g/mol. The lowest BCUT2D eigenvalue weighted by Crippen LogP contribution is -2.49. The van der Waals surface area contributed by atoms with Crippen LogP contribution in [0.3, 0.4) is 0 Å². The highest BCUT2D eigenvalue weighted by Gasteiger charge is 2.34. The van der Waals surface area contributed by atoms with Crippen LogP contribution < -0.4 is 4.90 Å². The molecule has 40 heavy (non-hydrogen) atoms. The molecule has 13 heteroatoms. The SMILES string of the molecule is COCCC(c1cncn1C(C)c1ccc(F)cc1)N1CCN(S(=O)(=O)c2cnc(N3CCN(C)CC3)s2)CC1. The summed E-state index contributed by atoms with van der Waals surface area (Å²) in [6, 6.07) is 6.51. The number of piperazine rings is 2. The number of benzene rings is 1. The van der Waals surface area contributed by atoms with Crippen LogP contribution in [0.1, 0.15) is 36.7 Å². The second kappa shape index (κ2) is 12.6. The Morgan fingerprint density at radius 3 is 2.40 bits per heavy atom. The van der Waals surface area contributed by atoms with Crippen molar-refractivity contribution in [3.63, 3.8) is 0 Å². The van der Waals surface area contributed by atoms with Gasteiger partial charge >= 0.3 is 0 Å². The molecular weight excluding hydrogens is 553 g/mol. The average Bonchev–Trinajstić information content (AvgIpc) is 3.65. The number of halogens is 1. The Kier molecular flexibility index (Phi) is 9.18. The molecule has 4 heterocycles. The van der Waals surface area contributed by atoms with Crippen LogP contribution in [-0.2, 0) is 14.8 Å². The van der Waals surface area contributed by atoms with E-state index >= 15 is 0 Å². The van der Waals surface area contributed by atoms with Gasteiger partial charge < -0.3 is 19.1 Å². The number of imidazole rings is 1. The van der Waals surface area contributed by atoms with Crippen LogP contribution >= 0.6 is 11.3 Å². The molecule has 0 bridgehead atoms. The fraction of sp³-hybridized carbons (Fsp3) is 0.556. The second-order valence-corrected chi connectivity index (χ2v) is 13.6. The number of aromatic nitrogens is 3. The molecule has 2 aliphatic heterocycles. The van der Waals surface area contributed by atoms with Gasteiger partial charge in [0.2, 0.25) is 0 Å². The summed E-state index contributed by atoms with van der Waals surface area (Å²) >= 11 is 1.26. The number of methoxy groups -OCH3 is 1. The normalized spacial score (nSPS) is 19.6. The van der Waals surface area contributed by atoms with E-state index < -0.39 is 10.0 Å². The lowest BCUT2D eigenvalue weighted by molar-refractivity contribution is 0.0971. The van der Waals surface area contributed by atoms with Gasteiger partial charge in [-0.2, -0.15) is 4.31 Å². The van der Waals surface area contributed by atoms with Crippen LogP contribution in [0.15, 0.2) is 47.2 Å². The molecule has 3 aromatic rings. The molecule has 0 aliphatic carbocycles. The van der Waals surface area contributed by atoms with Gasteiger partial charge in [-0.05, 0) is 38.1 Å². The summed E-state index contributed by atoms with van der Waals surface area (Å²) in [6.45, 7) is 8.19. The lowest BCUT2D eigenvalue weighted by Gasteiger charge is -2.39. The number of rotatable bonds is 10. The molecule has 0 saturated carbocycles. The van der Waals surface area contributed by atoms with Crippen LogP contribution in [0.4, 0.5) is 9.52 Å². The molecule has 2 saturated heterocycles. The fourth-order valence-electron chi connectivity index (χ4n) is 5.44. The van der Waals surface area contributed by atoms with Crippen molar-refractivity contribution in [3.8, 4) is 0 Å². The van der Waals surface area contributed by atoms with Crippen molar-refractivity contribution in [1.29, 1.82) is 0 Å². The third-order valence-corrected chi connectivity index (χ3v) is 11.4. The summed E-state index contributed by atoms with van der Waals surface area (Å²) in [5.41, 5.74) is 2.02. The molecule has 2 atom stereocenters. The van der Waals surface area contributed by atoms with Crippen molar-refractivity contribution in [2.45, 2.75) is 29.6 Å². The fourth-order valence-corrected chi connectivity index (χ4v) is 8.19. The van der Waals surface area contributed by atoms with E-state index in [2.05, 4.69) is 43.2 Å². The summed E-state index contributed by atoms with van der Waals surface area (Å²) in [7, 11) is 0.159. The monoisotopic (exact) mass is 591 g/mol. The first-order valence-electron chi connectivity index (χ1n) is 13.7. The highest BCUT2D eigenvalue weighted by molar-refractivity contribution is 7.91. The largest absolute Gasteiger partial charge is 0.385 e. The van der Waals surface area contributed by atoms with E-state index in [-0.39, 0.29) is 17.9 Å². The van der Waals surface area contributed by atoms with Crippen molar-refractivity contribution >= 4 is 26.5 Å². The zero-order chi connectivity index (χ0) is 28.3. The molecule has 2 aromatic heterocycles. The number of sulfonamides is 1. The summed E-state index contributed by atoms with van der Waals surface area (Å²) in [4.78, 5) is 15.7. The molecule has 0 N–H and O–H groups in total. The standard InChI is InChI=1S/C27H38FN7O3S2/c1-21(22-4-6-23(28)7-5-22)35-20-29-18-25(35)24(8-17-38-3)32-13-15-34(16-14-32)40(36,37)26-19-30-27(39-26)33-11-9-31(2)10-12-33/h4-7,18-21,24H,8-17H2,1-3H3.